The first-order chi connectivity index (χ1) is 16.5. The van der Waals surface area contributed by atoms with Crippen molar-refractivity contribution in [2.45, 2.75) is 16.7 Å². The van der Waals surface area contributed by atoms with Crippen LogP contribution in [0.15, 0.2) is 73.9 Å². The van der Waals surface area contributed by atoms with Crippen LogP contribution in [0.4, 0.5) is 23.0 Å². The van der Waals surface area contributed by atoms with E-state index in [0.29, 0.717) is 28.2 Å². The molecular formula is C22H21N5O6S2. The molecule has 182 valence electrons. The highest BCUT2D eigenvalue weighted by molar-refractivity contribution is 7.91. The predicted octanol–water partition coefficient (Wildman–Crippen LogP) is 2.69. The summed E-state index contributed by atoms with van der Waals surface area (Å²) in [6, 6.07) is 11.6. The maximum Gasteiger partial charge on any atom is 0.240 e. The monoisotopic (exact) mass is 515 g/mol. The van der Waals surface area contributed by atoms with E-state index < -0.39 is 19.9 Å². The minimum Gasteiger partial charge on any atom is -0.461 e. The summed E-state index contributed by atoms with van der Waals surface area (Å²) in [6.07, 6.45) is 2.27. The highest BCUT2D eigenvalue weighted by Crippen LogP contribution is 2.28. The van der Waals surface area contributed by atoms with Gasteiger partial charge < -0.3 is 15.1 Å². The van der Waals surface area contributed by atoms with E-state index in [1.165, 1.54) is 43.7 Å². The van der Waals surface area contributed by atoms with Crippen LogP contribution in [0.5, 0.6) is 0 Å². The van der Waals surface area contributed by atoms with E-state index in [1.807, 2.05) is 0 Å². The third-order valence-corrected chi connectivity index (χ3v) is 7.55. The van der Waals surface area contributed by atoms with Gasteiger partial charge in [-0.3, -0.25) is 4.79 Å². The van der Waals surface area contributed by atoms with Crippen molar-refractivity contribution >= 4 is 53.8 Å². The average molecular weight is 516 g/mol. The molecule has 0 saturated heterocycles. The second-order valence-corrected chi connectivity index (χ2v) is 11.5. The van der Waals surface area contributed by atoms with Gasteiger partial charge in [0.2, 0.25) is 10.0 Å². The molecule has 2 heterocycles. The van der Waals surface area contributed by atoms with Crippen LogP contribution in [0.25, 0.3) is 11.0 Å². The van der Waals surface area contributed by atoms with Gasteiger partial charge in [0.25, 0.3) is 0 Å². The van der Waals surface area contributed by atoms with E-state index in [2.05, 4.69) is 25.3 Å². The number of hydrogen-bond donors (Lipinski definition) is 3. The van der Waals surface area contributed by atoms with Crippen molar-refractivity contribution in [2.24, 2.45) is 0 Å². The average Bonchev–Trinajstić information content (AvgIpc) is 2.78. The summed E-state index contributed by atoms with van der Waals surface area (Å²) in [5.41, 5.74) is 0.895. The van der Waals surface area contributed by atoms with Gasteiger partial charge in [-0.1, -0.05) is 0 Å². The third kappa shape index (κ3) is 5.31. The number of nitrogens with one attached hydrogen (secondary N) is 3. The molecule has 0 radical (unpaired) electrons. The van der Waals surface area contributed by atoms with E-state index in [1.54, 1.807) is 25.1 Å². The second-order valence-electron chi connectivity index (χ2n) is 7.61. The van der Waals surface area contributed by atoms with Crippen LogP contribution in [0.3, 0.4) is 0 Å². The Bertz CT molecular complexity index is 1720. The zero-order valence-corrected chi connectivity index (χ0v) is 20.5. The van der Waals surface area contributed by atoms with Gasteiger partial charge in [0.1, 0.15) is 29.3 Å². The molecule has 0 aliphatic carbocycles. The summed E-state index contributed by atoms with van der Waals surface area (Å²) in [6.45, 7) is 1.69. The number of sulfone groups is 1. The quantitative estimate of drug-likeness (QED) is 0.334. The van der Waals surface area contributed by atoms with Crippen LogP contribution in [0, 0.1) is 6.92 Å². The number of aromatic nitrogens is 2. The van der Waals surface area contributed by atoms with Gasteiger partial charge in [-0.15, -0.1) is 0 Å². The summed E-state index contributed by atoms with van der Waals surface area (Å²) in [5, 5.41) is 6.38. The molecule has 0 amide bonds. The van der Waals surface area contributed by atoms with Gasteiger partial charge >= 0.3 is 0 Å². The summed E-state index contributed by atoms with van der Waals surface area (Å²) < 4.78 is 56.7. The van der Waals surface area contributed by atoms with E-state index in [4.69, 9.17) is 4.42 Å². The van der Waals surface area contributed by atoms with Gasteiger partial charge in [0.15, 0.2) is 15.3 Å². The van der Waals surface area contributed by atoms with Crippen molar-refractivity contribution in [3.63, 3.8) is 0 Å². The lowest BCUT2D eigenvalue weighted by Gasteiger charge is -2.13. The van der Waals surface area contributed by atoms with Crippen molar-refractivity contribution in [1.29, 1.82) is 0 Å². The van der Waals surface area contributed by atoms with Crippen LogP contribution < -0.4 is 20.8 Å². The fraction of sp³-hybridized carbons (Fsp3) is 0.136. The lowest BCUT2D eigenvalue weighted by atomic mass is 10.2. The smallest absolute Gasteiger partial charge is 0.240 e. The normalized spacial score (nSPS) is 12.0. The van der Waals surface area contributed by atoms with Crippen LogP contribution in [0.2, 0.25) is 0 Å². The molecule has 35 heavy (non-hydrogen) atoms. The van der Waals surface area contributed by atoms with Gasteiger partial charge in [-0.25, -0.2) is 31.5 Å². The maximum absolute atomic E-state index is 12.3. The van der Waals surface area contributed by atoms with Crippen LogP contribution >= 0.6 is 0 Å². The number of fused-ring (bicyclic) bond motifs is 1. The number of sulfonamides is 1. The van der Waals surface area contributed by atoms with Crippen molar-refractivity contribution < 1.29 is 21.3 Å². The molecule has 0 aliphatic heterocycles. The molecule has 4 rings (SSSR count). The molecule has 0 bridgehead atoms. The zero-order valence-electron chi connectivity index (χ0n) is 18.9. The number of benzene rings is 2. The number of hydrogen-bond acceptors (Lipinski definition) is 10. The topological polar surface area (TPSA) is 160 Å². The lowest BCUT2D eigenvalue weighted by molar-refractivity contribution is 0.565. The Labute approximate surface area is 201 Å². The molecule has 3 N–H and O–H groups in total. The predicted molar refractivity (Wildman–Crippen MR) is 132 cm³/mol. The molecule has 13 heteroatoms. The number of nitrogens with zero attached hydrogens (tertiary/aromatic N) is 2. The minimum absolute atomic E-state index is 0.0384. The Morgan fingerprint density at radius 3 is 2.29 bits per heavy atom. The van der Waals surface area contributed by atoms with E-state index in [-0.39, 0.29) is 26.7 Å². The zero-order chi connectivity index (χ0) is 25.4. The second kappa shape index (κ2) is 9.09. The summed E-state index contributed by atoms with van der Waals surface area (Å²) in [7, 11) is -6.23. The van der Waals surface area contributed by atoms with Crippen molar-refractivity contribution in [3.8, 4) is 0 Å². The van der Waals surface area contributed by atoms with Gasteiger partial charge in [-0.2, -0.15) is 0 Å². The first-order valence-electron chi connectivity index (χ1n) is 10.1. The number of rotatable bonds is 7. The first kappa shape index (κ1) is 24.3. The molecular weight excluding hydrogens is 494 g/mol. The summed E-state index contributed by atoms with van der Waals surface area (Å²) in [5.74, 6) is 1.06. The Morgan fingerprint density at radius 2 is 1.60 bits per heavy atom. The Balaban J connectivity index is 1.68. The largest absolute Gasteiger partial charge is 0.461 e. The van der Waals surface area contributed by atoms with Gasteiger partial charge in [0.05, 0.1) is 20.9 Å². The molecule has 0 fully saturated rings. The first-order valence-corrected chi connectivity index (χ1v) is 13.5. The Hall–Kier alpha value is -3.81. The highest BCUT2D eigenvalue weighted by Gasteiger charge is 2.19. The van der Waals surface area contributed by atoms with E-state index >= 15 is 0 Å². The van der Waals surface area contributed by atoms with Crippen molar-refractivity contribution in [2.75, 3.05) is 23.9 Å². The SMILES string of the molecule is CNS(=O)(=O)c1ccc(S(C)(=O)=O)c(Nc2cc(Nc3ccc4c(=O)cc(C)oc4c3)ncn2)c1. The molecule has 0 spiro atoms. The molecule has 0 saturated carbocycles. The van der Waals surface area contributed by atoms with Crippen LogP contribution in [-0.4, -0.2) is 40.1 Å². The maximum atomic E-state index is 12.3. The Kier molecular flexibility index (Phi) is 6.32. The summed E-state index contributed by atoms with van der Waals surface area (Å²) >= 11 is 0. The number of anilines is 4. The highest BCUT2D eigenvalue weighted by atomic mass is 32.2. The fourth-order valence-corrected chi connectivity index (χ4v) is 4.93. The molecule has 0 aliphatic rings. The minimum atomic E-state index is -3.81. The summed E-state index contributed by atoms with van der Waals surface area (Å²) in [4.78, 5) is 20.1. The standard InChI is InChI=1S/C22H21N5O6S2/c1-13-8-18(28)16-6-4-14(9-19(16)33-13)26-21-11-22(25-12-24-21)27-17-10-15(35(31,32)23-2)5-7-20(17)34(3,29)30/h4-12,23H,1-3H3,(H2,24,25,26,27). The molecule has 4 aromatic rings. The Morgan fingerprint density at radius 1 is 0.886 bits per heavy atom. The molecule has 0 unspecified atom stereocenters. The van der Waals surface area contributed by atoms with Crippen molar-refractivity contribution in [1.82, 2.24) is 14.7 Å². The molecule has 11 nitrogen and oxygen atoms in total. The molecule has 2 aromatic carbocycles. The van der Waals surface area contributed by atoms with E-state index in [9.17, 15) is 21.6 Å². The van der Waals surface area contributed by atoms with Gasteiger partial charge in [-0.05, 0) is 44.3 Å². The van der Waals surface area contributed by atoms with Gasteiger partial charge in [0, 0.05) is 30.1 Å². The lowest BCUT2D eigenvalue weighted by Crippen LogP contribution is -2.19. The third-order valence-electron chi connectivity index (χ3n) is 4.98. The van der Waals surface area contributed by atoms with Crippen molar-refractivity contribution in [3.05, 3.63) is 70.8 Å². The van der Waals surface area contributed by atoms with E-state index in [0.717, 1.165) is 6.26 Å². The van der Waals surface area contributed by atoms with Crippen LogP contribution in [-0.2, 0) is 19.9 Å². The fourth-order valence-electron chi connectivity index (χ4n) is 3.35. The molecule has 0 atom stereocenters. The number of aryl methyl sites for hydroxylation is 1. The molecule has 2 aromatic heterocycles. The van der Waals surface area contributed by atoms with Crippen LogP contribution in [0.1, 0.15) is 5.76 Å².